The maximum Gasteiger partial charge on any atom is 0.290 e. The van der Waals surface area contributed by atoms with Gasteiger partial charge in [0.15, 0.2) is 5.82 Å². The summed E-state index contributed by atoms with van der Waals surface area (Å²) in [5.41, 5.74) is 2.86. The third kappa shape index (κ3) is 2.73. The van der Waals surface area contributed by atoms with Crippen LogP contribution >= 0.6 is 0 Å². The second kappa shape index (κ2) is 6.96. The highest BCUT2D eigenvalue weighted by Gasteiger charge is 2.73. The van der Waals surface area contributed by atoms with Gasteiger partial charge in [0, 0.05) is 18.6 Å². The molecule has 2 aliphatic carbocycles. The molecular weight excluding hydrogens is 374 g/mol. The summed E-state index contributed by atoms with van der Waals surface area (Å²) in [4.78, 5) is 23.1. The molecule has 0 unspecified atom stereocenters. The molecule has 5 rings (SSSR count). The van der Waals surface area contributed by atoms with Gasteiger partial charge in [0.05, 0.1) is 16.6 Å². The summed E-state index contributed by atoms with van der Waals surface area (Å²) in [5.74, 6) is 0.238. The van der Waals surface area contributed by atoms with Gasteiger partial charge in [-0.15, -0.1) is 0 Å². The lowest BCUT2D eigenvalue weighted by atomic mass is 10.1. The van der Waals surface area contributed by atoms with E-state index in [0.29, 0.717) is 23.4 Å². The first-order valence-corrected chi connectivity index (χ1v) is 10.6. The molecule has 0 spiro atoms. The van der Waals surface area contributed by atoms with E-state index >= 15 is 0 Å². The minimum Gasteiger partial charge on any atom is -0.334 e. The average molecular weight is 399 g/mol. The van der Waals surface area contributed by atoms with Crippen molar-refractivity contribution in [3.05, 3.63) is 65.5 Å². The van der Waals surface area contributed by atoms with Crippen molar-refractivity contribution in [3.8, 4) is 6.07 Å². The summed E-state index contributed by atoms with van der Waals surface area (Å²) in [6.45, 7) is 3.48. The molecular formula is C24H25N5O. The SMILES string of the molecule is CCN(C(=O)c1nc2c(C#N)cccc2[nH]1)[C@]12CCC[C@]1(NCc1ccccc1)C2. The van der Waals surface area contributed by atoms with Crippen molar-refractivity contribution in [1.82, 2.24) is 20.2 Å². The van der Waals surface area contributed by atoms with Crippen LogP contribution in [0.2, 0.25) is 0 Å². The maximum atomic E-state index is 13.5. The normalized spacial score (nSPS) is 24.4. The molecule has 0 saturated heterocycles. The molecule has 1 heterocycles. The monoisotopic (exact) mass is 399 g/mol. The van der Waals surface area contributed by atoms with E-state index in [2.05, 4.69) is 45.6 Å². The number of nitrogens with one attached hydrogen (secondary N) is 2. The number of nitrogens with zero attached hydrogens (tertiary/aromatic N) is 3. The summed E-state index contributed by atoms with van der Waals surface area (Å²) in [6.07, 6.45) is 4.20. The molecule has 0 bridgehead atoms. The zero-order chi connectivity index (χ0) is 20.8. The Bertz CT molecular complexity index is 1150. The Morgan fingerprint density at radius 1 is 1.23 bits per heavy atom. The predicted octanol–water partition coefficient (Wildman–Crippen LogP) is 3.75. The number of carbonyl (C=O) groups excluding carboxylic acids is 1. The van der Waals surface area contributed by atoms with Gasteiger partial charge in [0.25, 0.3) is 5.91 Å². The number of hydrogen-bond donors (Lipinski definition) is 2. The molecule has 3 aromatic rings. The summed E-state index contributed by atoms with van der Waals surface area (Å²) >= 11 is 0. The molecule has 2 fully saturated rings. The van der Waals surface area contributed by atoms with E-state index in [-0.39, 0.29) is 17.0 Å². The van der Waals surface area contributed by atoms with Crippen molar-refractivity contribution in [2.45, 2.75) is 50.2 Å². The van der Waals surface area contributed by atoms with Crippen LogP contribution in [0.3, 0.4) is 0 Å². The van der Waals surface area contributed by atoms with Crippen LogP contribution in [-0.4, -0.2) is 38.4 Å². The lowest BCUT2D eigenvalue weighted by molar-refractivity contribution is 0.0625. The number of likely N-dealkylation sites (N-methyl/N-ethyl adjacent to an activating group) is 1. The van der Waals surface area contributed by atoms with E-state index in [9.17, 15) is 10.1 Å². The van der Waals surface area contributed by atoms with Crippen molar-refractivity contribution in [3.63, 3.8) is 0 Å². The highest BCUT2D eigenvalue weighted by atomic mass is 16.2. The molecule has 30 heavy (non-hydrogen) atoms. The molecule has 0 radical (unpaired) electrons. The molecule has 152 valence electrons. The molecule has 1 aromatic heterocycles. The second-order valence-corrected chi connectivity index (χ2v) is 8.43. The van der Waals surface area contributed by atoms with Crippen LogP contribution in [0.5, 0.6) is 0 Å². The predicted molar refractivity (Wildman–Crippen MR) is 115 cm³/mol. The van der Waals surface area contributed by atoms with Crippen LogP contribution in [0.4, 0.5) is 0 Å². The van der Waals surface area contributed by atoms with Gasteiger partial charge in [0.1, 0.15) is 11.6 Å². The quantitative estimate of drug-likeness (QED) is 0.661. The van der Waals surface area contributed by atoms with Gasteiger partial charge in [-0.25, -0.2) is 4.98 Å². The number of benzene rings is 2. The molecule has 2 saturated carbocycles. The minimum atomic E-state index is -0.148. The summed E-state index contributed by atoms with van der Waals surface area (Å²) in [6, 6.07) is 18.0. The fraction of sp³-hybridized carbons (Fsp3) is 0.375. The number of rotatable bonds is 6. The van der Waals surface area contributed by atoms with Crippen LogP contribution in [0.25, 0.3) is 11.0 Å². The lowest BCUT2D eigenvalue weighted by Crippen LogP contribution is -2.49. The van der Waals surface area contributed by atoms with E-state index in [1.807, 2.05) is 24.0 Å². The Morgan fingerprint density at radius 3 is 2.83 bits per heavy atom. The smallest absolute Gasteiger partial charge is 0.290 e. The molecule has 2 aliphatic rings. The minimum absolute atomic E-state index is 0.0155. The van der Waals surface area contributed by atoms with Crippen molar-refractivity contribution in [2.75, 3.05) is 6.54 Å². The maximum absolute atomic E-state index is 13.5. The number of fused-ring (bicyclic) bond motifs is 2. The zero-order valence-corrected chi connectivity index (χ0v) is 17.1. The number of carbonyl (C=O) groups is 1. The van der Waals surface area contributed by atoms with Crippen LogP contribution in [0, 0.1) is 11.3 Å². The fourth-order valence-corrected chi connectivity index (χ4v) is 5.45. The Morgan fingerprint density at radius 2 is 2.07 bits per heavy atom. The van der Waals surface area contributed by atoms with Gasteiger partial charge in [-0.3, -0.25) is 4.79 Å². The molecule has 2 aromatic carbocycles. The van der Waals surface area contributed by atoms with Gasteiger partial charge in [-0.05, 0) is 50.3 Å². The first-order chi connectivity index (χ1) is 14.6. The Labute approximate surface area is 175 Å². The average Bonchev–Trinajstić information content (AvgIpc) is 3.07. The number of aromatic nitrogens is 2. The fourth-order valence-electron chi connectivity index (χ4n) is 5.45. The van der Waals surface area contributed by atoms with E-state index in [4.69, 9.17) is 0 Å². The lowest BCUT2D eigenvalue weighted by Gasteiger charge is -2.32. The van der Waals surface area contributed by atoms with Gasteiger partial charge in [-0.1, -0.05) is 36.4 Å². The zero-order valence-electron chi connectivity index (χ0n) is 17.1. The summed E-state index contributed by atoms with van der Waals surface area (Å²) < 4.78 is 0. The highest BCUT2D eigenvalue weighted by Crippen LogP contribution is 2.63. The molecule has 2 atom stereocenters. The largest absolute Gasteiger partial charge is 0.334 e. The van der Waals surface area contributed by atoms with Crippen LogP contribution in [-0.2, 0) is 6.54 Å². The Balaban J connectivity index is 1.41. The first-order valence-electron chi connectivity index (χ1n) is 10.6. The van der Waals surface area contributed by atoms with Crippen molar-refractivity contribution >= 4 is 16.9 Å². The molecule has 6 nitrogen and oxygen atoms in total. The number of hydrogen-bond acceptors (Lipinski definition) is 4. The molecule has 1 amide bonds. The first kappa shape index (κ1) is 18.8. The van der Waals surface area contributed by atoms with E-state index in [1.165, 1.54) is 5.56 Å². The Hall–Kier alpha value is -3.17. The summed E-state index contributed by atoms with van der Waals surface area (Å²) in [5, 5.41) is 13.1. The molecule has 0 aliphatic heterocycles. The number of nitriles is 1. The number of imidazole rings is 1. The second-order valence-electron chi connectivity index (χ2n) is 8.43. The van der Waals surface area contributed by atoms with E-state index in [0.717, 1.165) is 37.7 Å². The van der Waals surface area contributed by atoms with Crippen molar-refractivity contribution in [1.29, 1.82) is 5.26 Å². The summed E-state index contributed by atoms with van der Waals surface area (Å²) in [7, 11) is 0. The van der Waals surface area contributed by atoms with Crippen molar-refractivity contribution < 1.29 is 4.79 Å². The number of amides is 1. The Kier molecular flexibility index (Phi) is 4.37. The number of aromatic amines is 1. The molecule has 6 heteroatoms. The van der Waals surface area contributed by atoms with Gasteiger partial charge < -0.3 is 15.2 Å². The highest BCUT2D eigenvalue weighted by molar-refractivity contribution is 5.96. The van der Waals surface area contributed by atoms with Crippen LogP contribution in [0.1, 0.15) is 54.4 Å². The van der Waals surface area contributed by atoms with Crippen LogP contribution < -0.4 is 5.32 Å². The molecule has 2 N–H and O–H groups in total. The standard InChI is InChI=1S/C24H25N5O/c1-2-29(22(30)21-27-19-11-6-10-18(14-25)20(19)28-21)24-13-7-12-23(24,16-24)26-15-17-8-4-3-5-9-17/h3-6,8-11,26H,2,7,12-13,15-16H2,1H3,(H,27,28)/t23-,24-/m0/s1. The van der Waals surface area contributed by atoms with Crippen molar-refractivity contribution in [2.24, 2.45) is 0 Å². The van der Waals surface area contributed by atoms with E-state index in [1.54, 1.807) is 12.1 Å². The van der Waals surface area contributed by atoms with Gasteiger partial charge >= 0.3 is 0 Å². The van der Waals surface area contributed by atoms with Crippen LogP contribution in [0.15, 0.2) is 48.5 Å². The third-order valence-corrected chi connectivity index (χ3v) is 6.94. The van der Waals surface area contributed by atoms with Gasteiger partial charge in [0.2, 0.25) is 0 Å². The van der Waals surface area contributed by atoms with E-state index < -0.39 is 0 Å². The number of H-pyrrole nitrogens is 1. The number of para-hydroxylation sites is 1. The van der Waals surface area contributed by atoms with Gasteiger partial charge in [-0.2, -0.15) is 5.26 Å². The third-order valence-electron chi connectivity index (χ3n) is 6.94. The topological polar surface area (TPSA) is 84.8 Å².